The predicted octanol–water partition coefficient (Wildman–Crippen LogP) is 0.946. The maximum Gasteiger partial charge on any atom is 0.341 e. The first-order valence-corrected chi connectivity index (χ1v) is 14.4. The number of nitrogens with zero attached hydrogens (tertiary/aromatic N) is 5. The fourth-order valence-electron chi connectivity index (χ4n) is 5.11. The monoisotopic (exact) mass is 571 g/mol. The van der Waals surface area contributed by atoms with E-state index in [2.05, 4.69) is 30.5 Å². The Labute approximate surface area is 230 Å². The van der Waals surface area contributed by atoms with Gasteiger partial charge in [-0.05, 0) is 46.8 Å². The maximum atomic E-state index is 13.0. The van der Waals surface area contributed by atoms with Crippen molar-refractivity contribution in [3.63, 3.8) is 0 Å². The molecule has 40 heavy (non-hydrogen) atoms. The van der Waals surface area contributed by atoms with E-state index in [0.717, 1.165) is 18.8 Å². The predicted molar refractivity (Wildman–Crippen MR) is 141 cm³/mol. The average Bonchev–Trinajstić information content (AvgIpc) is 3.67. The number of amides is 1. The summed E-state index contributed by atoms with van der Waals surface area (Å²) in [6, 6.07) is 12.8. The Bertz CT molecular complexity index is 1460. The summed E-state index contributed by atoms with van der Waals surface area (Å²) in [6.07, 6.45) is -1.03. The van der Waals surface area contributed by atoms with E-state index in [-0.39, 0.29) is 30.0 Å². The van der Waals surface area contributed by atoms with Crippen LogP contribution in [0.25, 0.3) is 0 Å². The van der Waals surface area contributed by atoms with E-state index in [9.17, 15) is 13.2 Å². The lowest BCUT2D eigenvalue weighted by Gasteiger charge is -2.29. The zero-order valence-electron chi connectivity index (χ0n) is 21.7. The number of ether oxygens (including phenoxy) is 4. The Morgan fingerprint density at radius 3 is 2.60 bits per heavy atom. The highest BCUT2D eigenvalue weighted by molar-refractivity contribution is 7.89. The highest BCUT2D eigenvalue weighted by Gasteiger charge is 2.50. The summed E-state index contributed by atoms with van der Waals surface area (Å²) < 4.78 is 53.8. The highest BCUT2D eigenvalue weighted by atomic mass is 32.2. The molecular formula is C25H29N7O7S. The van der Waals surface area contributed by atoms with E-state index in [1.165, 1.54) is 35.9 Å². The van der Waals surface area contributed by atoms with Gasteiger partial charge in [-0.3, -0.25) is 4.79 Å². The molecule has 1 amide bonds. The molecule has 4 heterocycles. The molecule has 212 valence electrons. The molecule has 3 aromatic rings. The number of rotatable bonds is 8. The summed E-state index contributed by atoms with van der Waals surface area (Å²) in [4.78, 5) is 13.5. The molecular weight excluding hydrogens is 542 g/mol. The third-order valence-corrected chi connectivity index (χ3v) is 8.50. The van der Waals surface area contributed by atoms with Crippen molar-refractivity contribution in [2.45, 2.75) is 36.1 Å². The standard InChI is InChI=1S/C25H29N7O7S/c1-16(33)26-17-5-7-20(8-6-17)40(34,35)28-21-14-37-24-22(15-38-23(21)24)32-25(27-29-30-32)39-19-4-2-3-18(13-19)31-9-11-36-12-10-31/h2-8,13,21-24,28H,9-12,14-15H2,1H3,(H,26,33). The molecule has 2 aromatic carbocycles. The normalized spacial score (nSPS) is 24.6. The zero-order valence-corrected chi connectivity index (χ0v) is 22.5. The van der Waals surface area contributed by atoms with Crippen molar-refractivity contribution in [1.29, 1.82) is 0 Å². The Morgan fingerprint density at radius 2 is 1.82 bits per heavy atom. The number of hydrogen-bond donors (Lipinski definition) is 2. The minimum Gasteiger partial charge on any atom is -0.423 e. The van der Waals surface area contributed by atoms with Gasteiger partial charge in [-0.1, -0.05) is 11.2 Å². The SMILES string of the molecule is CC(=O)Nc1ccc(S(=O)(=O)NC2COC3C2OCC3n2nnnc2Oc2cccc(N3CCOCC3)c2)cc1. The molecule has 3 aliphatic rings. The molecule has 0 spiro atoms. The largest absolute Gasteiger partial charge is 0.423 e. The van der Waals surface area contributed by atoms with Crippen LogP contribution in [0.4, 0.5) is 11.4 Å². The van der Waals surface area contributed by atoms with Crippen LogP contribution in [0.2, 0.25) is 0 Å². The number of sulfonamides is 1. The number of aromatic nitrogens is 4. The summed E-state index contributed by atoms with van der Waals surface area (Å²) in [5.74, 6) is 0.339. The van der Waals surface area contributed by atoms with Crippen molar-refractivity contribution in [2.24, 2.45) is 0 Å². The minimum atomic E-state index is -3.87. The molecule has 1 aromatic heterocycles. The van der Waals surface area contributed by atoms with Crippen LogP contribution in [-0.2, 0) is 29.0 Å². The van der Waals surface area contributed by atoms with Gasteiger partial charge >= 0.3 is 6.01 Å². The fourth-order valence-corrected chi connectivity index (χ4v) is 6.34. The van der Waals surface area contributed by atoms with E-state index >= 15 is 0 Å². The molecule has 0 saturated carbocycles. The van der Waals surface area contributed by atoms with E-state index < -0.39 is 34.3 Å². The van der Waals surface area contributed by atoms with Gasteiger partial charge in [-0.2, -0.15) is 4.68 Å². The Kier molecular flexibility index (Phi) is 7.37. The lowest BCUT2D eigenvalue weighted by Crippen LogP contribution is -2.44. The minimum absolute atomic E-state index is 0.0649. The Balaban J connectivity index is 1.12. The second kappa shape index (κ2) is 11.1. The summed E-state index contributed by atoms with van der Waals surface area (Å²) in [6.45, 7) is 4.67. The fraction of sp³-hybridized carbons (Fsp3) is 0.440. The number of benzene rings is 2. The van der Waals surface area contributed by atoms with Gasteiger partial charge in [0.05, 0.1) is 37.4 Å². The number of morpholine rings is 1. The summed E-state index contributed by atoms with van der Waals surface area (Å²) in [7, 11) is -3.87. The number of fused-ring (bicyclic) bond motifs is 1. The van der Waals surface area contributed by atoms with Gasteiger partial charge in [0.25, 0.3) is 0 Å². The van der Waals surface area contributed by atoms with Gasteiger partial charge < -0.3 is 29.2 Å². The van der Waals surface area contributed by atoms with E-state index in [1.54, 1.807) is 0 Å². The first-order chi connectivity index (χ1) is 19.4. The Hall–Kier alpha value is -3.63. The van der Waals surface area contributed by atoms with Crippen LogP contribution in [-0.4, -0.2) is 92.3 Å². The van der Waals surface area contributed by atoms with Gasteiger partial charge in [0, 0.05) is 37.5 Å². The van der Waals surface area contributed by atoms with Crippen molar-refractivity contribution < 1.29 is 32.2 Å². The molecule has 0 radical (unpaired) electrons. The third kappa shape index (κ3) is 5.51. The molecule has 3 saturated heterocycles. The number of carbonyl (C=O) groups excluding carboxylic acids is 1. The van der Waals surface area contributed by atoms with Gasteiger partial charge in [0.15, 0.2) is 0 Å². The molecule has 0 bridgehead atoms. The average molecular weight is 572 g/mol. The molecule has 4 atom stereocenters. The van der Waals surface area contributed by atoms with Gasteiger partial charge in [0.1, 0.15) is 24.0 Å². The molecule has 0 aliphatic carbocycles. The Morgan fingerprint density at radius 1 is 1.05 bits per heavy atom. The lowest BCUT2D eigenvalue weighted by molar-refractivity contribution is -0.114. The number of carbonyl (C=O) groups is 1. The molecule has 6 rings (SSSR count). The molecule has 3 fully saturated rings. The zero-order chi connectivity index (χ0) is 27.7. The van der Waals surface area contributed by atoms with E-state index in [0.29, 0.717) is 24.7 Å². The van der Waals surface area contributed by atoms with E-state index in [1.807, 2.05) is 24.3 Å². The summed E-state index contributed by atoms with van der Waals surface area (Å²) in [5.41, 5.74) is 1.52. The topological polar surface area (TPSA) is 159 Å². The molecule has 4 unspecified atom stereocenters. The number of tetrazole rings is 1. The van der Waals surface area contributed by atoms with Gasteiger partial charge in [-0.25, -0.2) is 13.1 Å². The summed E-state index contributed by atoms with van der Waals surface area (Å²) in [5, 5.41) is 14.6. The van der Waals surface area contributed by atoms with Crippen LogP contribution < -0.4 is 19.7 Å². The quantitative estimate of drug-likeness (QED) is 0.396. The molecule has 2 N–H and O–H groups in total. The second-order valence-electron chi connectivity index (χ2n) is 9.70. The third-order valence-electron chi connectivity index (χ3n) is 7.00. The van der Waals surface area contributed by atoms with Crippen LogP contribution in [0.15, 0.2) is 53.4 Å². The van der Waals surface area contributed by atoms with Crippen LogP contribution in [0.5, 0.6) is 11.8 Å². The second-order valence-corrected chi connectivity index (χ2v) is 11.4. The van der Waals surface area contributed by atoms with Crippen LogP contribution >= 0.6 is 0 Å². The van der Waals surface area contributed by atoms with Gasteiger partial charge in [0.2, 0.25) is 15.9 Å². The van der Waals surface area contributed by atoms with Crippen molar-refractivity contribution in [3.8, 4) is 11.8 Å². The first kappa shape index (κ1) is 26.6. The van der Waals surface area contributed by atoms with Crippen molar-refractivity contribution >= 4 is 27.3 Å². The lowest BCUT2D eigenvalue weighted by atomic mass is 10.1. The van der Waals surface area contributed by atoms with Crippen LogP contribution in [0.3, 0.4) is 0 Å². The smallest absolute Gasteiger partial charge is 0.341 e. The van der Waals surface area contributed by atoms with E-state index in [4.69, 9.17) is 18.9 Å². The van der Waals surface area contributed by atoms with Crippen LogP contribution in [0.1, 0.15) is 13.0 Å². The van der Waals surface area contributed by atoms with Crippen molar-refractivity contribution in [1.82, 2.24) is 24.9 Å². The highest BCUT2D eigenvalue weighted by Crippen LogP contribution is 2.37. The van der Waals surface area contributed by atoms with Crippen molar-refractivity contribution in [3.05, 3.63) is 48.5 Å². The number of hydrogen-bond acceptors (Lipinski definition) is 11. The first-order valence-electron chi connectivity index (χ1n) is 12.9. The molecule has 3 aliphatic heterocycles. The maximum absolute atomic E-state index is 13.0. The molecule has 15 heteroatoms. The summed E-state index contributed by atoms with van der Waals surface area (Å²) >= 11 is 0. The van der Waals surface area contributed by atoms with Crippen LogP contribution in [0, 0.1) is 0 Å². The number of nitrogens with one attached hydrogen (secondary N) is 2. The number of anilines is 2. The van der Waals surface area contributed by atoms with Crippen molar-refractivity contribution in [2.75, 3.05) is 49.7 Å². The molecule has 14 nitrogen and oxygen atoms in total. The van der Waals surface area contributed by atoms with Gasteiger partial charge in [-0.15, -0.1) is 0 Å².